The molecule has 0 bridgehead atoms. The summed E-state index contributed by atoms with van der Waals surface area (Å²) in [7, 11) is 0. The fourth-order valence-electron chi connectivity index (χ4n) is 1.41. The molecule has 0 radical (unpaired) electrons. The van der Waals surface area contributed by atoms with E-state index in [-0.39, 0.29) is 11.9 Å². The van der Waals surface area contributed by atoms with E-state index in [0.29, 0.717) is 25.0 Å². The van der Waals surface area contributed by atoms with E-state index < -0.39 is 0 Å². The number of carbonyl (C=O) groups is 1. The van der Waals surface area contributed by atoms with E-state index >= 15 is 0 Å². The molecule has 1 atom stereocenters. The van der Waals surface area contributed by atoms with E-state index in [9.17, 15) is 4.79 Å². The van der Waals surface area contributed by atoms with Crippen molar-refractivity contribution < 1.29 is 9.53 Å². The van der Waals surface area contributed by atoms with Crippen LogP contribution >= 0.6 is 0 Å². The minimum atomic E-state index is -0.0980. The SMILES string of the molecule is CC(C)CC(C(=O)OCCN)C(C)C. The van der Waals surface area contributed by atoms with E-state index in [1.165, 1.54) is 0 Å². The highest BCUT2D eigenvalue weighted by Gasteiger charge is 2.24. The van der Waals surface area contributed by atoms with Gasteiger partial charge in [0.2, 0.25) is 0 Å². The average molecular weight is 201 g/mol. The number of ether oxygens (including phenoxy) is 1. The number of esters is 1. The van der Waals surface area contributed by atoms with Gasteiger partial charge >= 0.3 is 5.97 Å². The Morgan fingerprint density at radius 2 is 1.86 bits per heavy atom. The third kappa shape index (κ3) is 5.22. The van der Waals surface area contributed by atoms with Gasteiger partial charge in [0.1, 0.15) is 6.61 Å². The molecule has 1 unspecified atom stereocenters. The lowest BCUT2D eigenvalue weighted by atomic mass is 9.88. The molecule has 0 aliphatic heterocycles. The molecule has 0 saturated carbocycles. The monoisotopic (exact) mass is 201 g/mol. The van der Waals surface area contributed by atoms with Gasteiger partial charge in [0.05, 0.1) is 5.92 Å². The molecule has 84 valence electrons. The van der Waals surface area contributed by atoms with Crippen LogP contribution in [0.5, 0.6) is 0 Å². The Morgan fingerprint density at radius 3 is 2.21 bits per heavy atom. The van der Waals surface area contributed by atoms with E-state index in [1.54, 1.807) is 0 Å². The highest BCUT2D eigenvalue weighted by atomic mass is 16.5. The van der Waals surface area contributed by atoms with E-state index in [2.05, 4.69) is 27.7 Å². The van der Waals surface area contributed by atoms with Crippen LogP contribution in [0.2, 0.25) is 0 Å². The highest BCUT2D eigenvalue weighted by Crippen LogP contribution is 2.21. The van der Waals surface area contributed by atoms with Gasteiger partial charge in [-0.05, 0) is 18.3 Å². The minimum absolute atomic E-state index is 0.0153. The van der Waals surface area contributed by atoms with Crippen LogP contribution in [0.3, 0.4) is 0 Å². The van der Waals surface area contributed by atoms with Crippen LogP contribution in [0.1, 0.15) is 34.1 Å². The zero-order chi connectivity index (χ0) is 11.1. The van der Waals surface area contributed by atoms with Gasteiger partial charge in [0.25, 0.3) is 0 Å². The molecule has 0 fully saturated rings. The lowest BCUT2D eigenvalue weighted by Crippen LogP contribution is -2.26. The molecule has 0 spiro atoms. The molecule has 0 rings (SSSR count). The second-order valence-electron chi connectivity index (χ2n) is 4.44. The third-order valence-corrected chi connectivity index (χ3v) is 2.19. The molecule has 0 aliphatic carbocycles. The molecule has 14 heavy (non-hydrogen) atoms. The third-order valence-electron chi connectivity index (χ3n) is 2.19. The summed E-state index contributed by atoms with van der Waals surface area (Å²) < 4.78 is 5.05. The van der Waals surface area contributed by atoms with Crippen LogP contribution in [0.25, 0.3) is 0 Å². The fourth-order valence-corrected chi connectivity index (χ4v) is 1.41. The van der Waals surface area contributed by atoms with E-state index in [4.69, 9.17) is 10.5 Å². The number of hydrogen-bond acceptors (Lipinski definition) is 3. The van der Waals surface area contributed by atoms with Gasteiger partial charge in [0.15, 0.2) is 0 Å². The van der Waals surface area contributed by atoms with Gasteiger partial charge < -0.3 is 10.5 Å². The van der Waals surface area contributed by atoms with E-state index in [1.807, 2.05) is 0 Å². The molecule has 3 heteroatoms. The molecule has 3 nitrogen and oxygen atoms in total. The van der Waals surface area contributed by atoms with E-state index in [0.717, 1.165) is 6.42 Å². The second kappa shape index (κ2) is 6.82. The van der Waals surface area contributed by atoms with Crippen LogP contribution in [-0.4, -0.2) is 19.1 Å². The molecule has 0 saturated heterocycles. The predicted octanol–water partition coefficient (Wildman–Crippen LogP) is 1.81. The molecule has 0 aromatic carbocycles. The van der Waals surface area contributed by atoms with Gasteiger partial charge in [0, 0.05) is 6.54 Å². The normalized spacial score (nSPS) is 13.4. The van der Waals surface area contributed by atoms with Crippen molar-refractivity contribution in [2.45, 2.75) is 34.1 Å². The lowest BCUT2D eigenvalue weighted by Gasteiger charge is -2.20. The largest absolute Gasteiger partial charge is 0.464 e. The Labute approximate surface area is 87.0 Å². The number of hydrogen-bond donors (Lipinski definition) is 1. The first kappa shape index (κ1) is 13.4. The predicted molar refractivity (Wildman–Crippen MR) is 57.8 cm³/mol. The lowest BCUT2D eigenvalue weighted by molar-refractivity contribution is -0.150. The van der Waals surface area contributed by atoms with Crippen molar-refractivity contribution in [1.82, 2.24) is 0 Å². The summed E-state index contributed by atoms with van der Waals surface area (Å²) in [5, 5.41) is 0. The van der Waals surface area contributed by atoms with Crippen molar-refractivity contribution in [1.29, 1.82) is 0 Å². The van der Waals surface area contributed by atoms with Crippen molar-refractivity contribution in [3.8, 4) is 0 Å². The maximum Gasteiger partial charge on any atom is 0.309 e. The summed E-state index contributed by atoms with van der Waals surface area (Å²) in [6.45, 7) is 9.07. The molecule has 0 aromatic heterocycles. The summed E-state index contributed by atoms with van der Waals surface area (Å²) >= 11 is 0. The topological polar surface area (TPSA) is 52.3 Å². The summed E-state index contributed by atoms with van der Waals surface area (Å²) in [6, 6.07) is 0. The number of rotatable bonds is 6. The molecular weight excluding hydrogens is 178 g/mol. The minimum Gasteiger partial charge on any atom is -0.464 e. The van der Waals surface area contributed by atoms with Crippen LogP contribution < -0.4 is 5.73 Å². The van der Waals surface area contributed by atoms with Crippen molar-refractivity contribution in [2.75, 3.05) is 13.2 Å². The summed E-state index contributed by atoms with van der Waals surface area (Å²) in [5.41, 5.74) is 5.28. The molecule has 0 amide bonds. The summed E-state index contributed by atoms with van der Waals surface area (Å²) in [5.74, 6) is 0.774. The van der Waals surface area contributed by atoms with Crippen molar-refractivity contribution in [3.63, 3.8) is 0 Å². The fraction of sp³-hybridized carbons (Fsp3) is 0.909. The van der Waals surface area contributed by atoms with Crippen molar-refractivity contribution in [3.05, 3.63) is 0 Å². The molecule has 2 N–H and O–H groups in total. The standard InChI is InChI=1S/C11H23NO2/c1-8(2)7-10(9(3)4)11(13)14-6-5-12/h8-10H,5-7,12H2,1-4H3. The van der Waals surface area contributed by atoms with Crippen LogP contribution in [-0.2, 0) is 9.53 Å². The van der Waals surface area contributed by atoms with Crippen LogP contribution in [0, 0.1) is 17.8 Å². The Hall–Kier alpha value is -0.570. The summed E-state index contributed by atoms with van der Waals surface area (Å²) in [6.07, 6.45) is 0.890. The van der Waals surface area contributed by atoms with Crippen molar-refractivity contribution >= 4 is 5.97 Å². The first-order valence-electron chi connectivity index (χ1n) is 5.35. The Bertz CT molecular complexity index is 167. The van der Waals surface area contributed by atoms with Gasteiger partial charge in [-0.1, -0.05) is 27.7 Å². The molecule has 0 aliphatic rings. The average Bonchev–Trinajstić information content (AvgIpc) is 2.09. The summed E-state index contributed by atoms with van der Waals surface area (Å²) in [4.78, 5) is 11.6. The zero-order valence-electron chi connectivity index (χ0n) is 9.75. The second-order valence-corrected chi connectivity index (χ2v) is 4.44. The first-order chi connectivity index (χ1) is 6.49. The Kier molecular flexibility index (Phi) is 6.54. The molecular formula is C11H23NO2. The quantitative estimate of drug-likeness (QED) is 0.667. The Balaban J connectivity index is 4.12. The molecule has 0 heterocycles. The van der Waals surface area contributed by atoms with Crippen molar-refractivity contribution in [2.24, 2.45) is 23.5 Å². The van der Waals surface area contributed by atoms with Crippen LogP contribution in [0.15, 0.2) is 0 Å². The maximum atomic E-state index is 11.6. The maximum absolute atomic E-state index is 11.6. The van der Waals surface area contributed by atoms with Crippen LogP contribution in [0.4, 0.5) is 0 Å². The first-order valence-corrected chi connectivity index (χ1v) is 5.35. The van der Waals surface area contributed by atoms with Gasteiger partial charge in [-0.25, -0.2) is 0 Å². The number of carbonyl (C=O) groups excluding carboxylic acids is 1. The molecule has 0 aromatic rings. The Morgan fingerprint density at radius 1 is 1.29 bits per heavy atom. The number of nitrogens with two attached hydrogens (primary N) is 1. The zero-order valence-corrected chi connectivity index (χ0v) is 9.75. The highest BCUT2D eigenvalue weighted by molar-refractivity contribution is 5.72. The van der Waals surface area contributed by atoms with Gasteiger partial charge in [-0.3, -0.25) is 4.79 Å². The van der Waals surface area contributed by atoms with Gasteiger partial charge in [-0.15, -0.1) is 0 Å². The van der Waals surface area contributed by atoms with Gasteiger partial charge in [-0.2, -0.15) is 0 Å². The smallest absolute Gasteiger partial charge is 0.309 e.